The molecular formula is C27H26N2+2. The molecule has 0 saturated carbocycles. The second-order valence-electron chi connectivity index (χ2n) is 7.33. The molecule has 0 N–H and O–H groups in total. The quantitative estimate of drug-likeness (QED) is 0.331. The molecule has 4 aromatic rings. The standard InChI is InChI=1S/C27H26N2/c1-4-11-23-20-21(2)16-17-25(23)27-15-8-10-19-29(27)28-18-9-7-14-26(28)24-13-6-5-12-22(24)3/h4-10,12-20H,1,11H2,2-3H3/q+2. The van der Waals surface area contributed by atoms with Crippen LogP contribution in [0.4, 0.5) is 0 Å². The van der Waals surface area contributed by atoms with Crippen LogP contribution in [-0.2, 0) is 6.42 Å². The van der Waals surface area contributed by atoms with Crippen LogP contribution >= 0.6 is 0 Å². The number of nitrogens with zero attached hydrogens (tertiary/aromatic N) is 2. The molecule has 0 bridgehead atoms. The smallest absolute Gasteiger partial charge is 0.103 e. The van der Waals surface area contributed by atoms with E-state index in [1.165, 1.54) is 27.8 Å². The Bertz CT molecular complexity index is 1170. The number of rotatable bonds is 5. The largest absolute Gasteiger partial charge is 0.284 e. The molecule has 2 heteroatoms. The lowest BCUT2D eigenvalue weighted by Crippen LogP contribution is -2.68. The molecule has 2 aromatic carbocycles. The van der Waals surface area contributed by atoms with Crippen molar-refractivity contribution in [3.05, 3.63) is 121 Å². The van der Waals surface area contributed by atoms with Crippen molar-refractivity contribution in [2.75, 3.05) is 0 Å². The van der Waals surface area contributed by atoms with Gasteiger partial charge in [-0.15, -0.1) is 6.58 Å². The molecule has 0 aliphatic heterocycles. The van der Waals surface area contributed by atoms with Gasteiger partial charge in [-0.1, -0.05) is 42.0 Å². The summed E-state index contributed by atoms with van der Waals surface area (Å²) in [7, 11) is 0. The number of hydrogen-bond acceptors (Lipinski definition) is 0. The summed E-state index contributed by atoms with van der Waals surface area (Å²) in [5.41, 5.74) is 8.56. The monoisotopic (exact) mass is 378 g/mol. The summed E-state index contributed by atoms with van der Waals surface area (Å²) in [6, 6.07) is 27.9. The zero-order valence-electron chi connectivity index (χ0n) is 17.0. The minimum absolute atomic E-state index is 0.843. The average molecular weight is 379 g/mol. The Morgan fingerprint density at radius 3 is 2.00 bits per heavy atom. The van der Waals surface area contributed by atoms with Crippen LogP contribution in [0.15, 0.2) is 104 Å². The molecule has 29 heavy (non-hydrogen) atoms. The summed E-state index contributed by atoms with van der Waals surface area (Å²) in [5.74, 6) is 0. The van der Waals surface area contributed by atoms with Gasteiger partial charge in [-0.25, -0.2) is 0 Å². The highest BCUT2D eigenvalue weighted by molar-refractivity contribution is 5.63. The van der Waals surface area contributed by atoms with E-state index in [9.17, 15) is 0 Å². The van der Waals surface area contributed by atoms with Crippen molar-refractivity contribution >= 4 is 0 Å². The van der Waals surface area contributed by atoms with E-state index in [1.54, 1.807) is 0 Å². The van der Waals surface area contributed by atoms with Crippen molar-refractivity contribution in [3.8, 4) is 22.5 Å². The van der Waals surface area contributed by atoms with E-state index < -0.39 is 0 Å². The van der Waals surface area contributed by atoms with E-state index in [-0.39, 0.29) is 0 Å². The summed E-state index contributed by atoms with van der Waals surface area (Å²) in [6.45, 7) is 8.25. The Morgan fingerprint density at radius 2 is 1.34 bits per heavy atom. The zero-order chi connectivity index (χ0) is 20.2. The first-order chi connectivity index (χ1) is 14.2. The Labute approximate surface area is 173 Å². The predicted molar refractivity (Wildman–Crippen MR) is 118 cm³/mol. The molecule has 2 nitrogen and oxygen atoms in total. The SMILES string of the molecule is C=CCc1cc(C)ccc1-c1cccc[n+]1-[n+]1ccccc1-c1ccccc1C. The van der Waals surface area contributed by atoms with Crippen molar-refractivity contribution in [1.82, 2.24) is 0 Å². The highest BCUT2D eigenvalue weighted by atomic mass is 15.4. The molecule has 0 fully saturated rings. The molecule has 0 radical (unpaired) electrons. The minimum Gasteiger partial charge on any atom is -0.103 e. The summed E-state index contributed by atoms with van der Waals surface area (Å²) in [6.07, 6.45) is 7.05. The Morgan fingerprint density at radius 1 is 0.724 bits per heavy atom. The maximum atomic E-state index is 3.95. The van der Waals surface area contributed by atoms with Gasteiger partial charge in [0.15, 0.2) is 0 Å². The van der Waals surface area contributed by atoms with Crippen molar-refractivity contribution in [3.63, 3.8) is 0 Å². The fourth-order valence-electron chi connectivity index (χ4n) is 3.83. The lowest BCUT2D eigenvalue weighted by Gasteiger charge is -2.08. The molecule has 4 rings (SSSR count). The van der Waals surface area contributed by atoms with Crippen LogP contribution < -0.4 is 9.35 Å². The Hall–Kier alpha value is -3.52. The molecule has 0 spiro atoms. The van der Waals surface area contributed by atoms with E-state index in [2.05, 4.69) is 121 Å². The fraction of sp³-hybridized carbons (Fsp3) is 0.111. The van der Waals surface area contributed by atoms with Gasteiger partial charge < -0.3 is 0 Å². The number of pyridine rings is 2. The maximum absolute atomic E-state index is 3.95. The molecule has 0 aliphatic carbocycles. The second-order valence-corrected chi connectivity index (χ2v) is 7.33. The van der Waals surface area contributed by atoms with E-state index in [4.69, 9.17) is 0 Å². The summed E-state index contributed by atoms with van der Waals surface area (Å²) in [4.78, 5) is 0. The van der Waals surface area contributed by atoms with Gasteiger partial charge in [-0.05, 0) is 55.7 Å². The first-order valence-electron chi connectivity index (χ1n) is 9.98. The summed E-state index contributed by atoms with van der Waals surface area (Å²) < 4.78 is 4.44. The molecule has 0 amide bonds. The minimum atomic E-state index is 0.843. The van der Waals surface area contributed by atoms with Crippen LogP contribution in [0.1, 0.15) is 16.7 Å². The molecule has 2 aromatic heterocycles. The van der Waals surface area contributed by atoms with E-state index >= 15 is 0 Å². The normalized spacial score (nSPS) is 10.7. The molecule has 0 unspecified atom stereocenters. The lowest BCUT2D eigenvalue weighted by atomic mass is 9.99. The molecule has 2 heterocycles. The van der Waals surface area contributed by atoms with E-state index in [0.29, 0.717) is 0 Å². The fourth-order valence-corrected chi connectivity index (χ4v) is 3.83. The van der Waals surface area contributed by atoms with Crippen LogP contribution in [-0.4, -0.2) is 0 Å². The highest BCUT2D eigenvalue weighted by Crippen LogP contribution is 2.23. The molecular weight excluding hydrogens is 352 g/mol. The van der Waals surface area contributed by atoms with E-state index in [0.717, 1.165) is 17.8 Å². The third-order valence-electron chi connectivity index (χ3n) is 5.23. The van der Waals surface area contributed by atoms with Gasteiger partial charge in [0.2, 0.25) is 12.4 Å². The number of aryl methyl sites for hydroxylation is 2. The first kappa shape index (κ1) is 18.8. The third kappa shape index (κ3) is 3.74. The number of aromatic nitrogens is 2. The van der Waals surface area contributed by atoms with Gasteiger partial charge in [0.1, 0.15) is 0 Å². The molecule has 0 atom stereocenters. The second kappa shape index (κ2) is 8.24. The van der Waals surface area contributed by atoms with Crippen LogP contribution in [0.2, 0.25) is 0 Å². The van der Waals surface area contributed by atoms with Gasteiger partial charge in [0, 0.05) is 24.3 Å². The Balaban J connectivity index is 1.96. The van der Waals surface area contributed by atoms with Crippen LogP contribution in [0.3, 0.4) is 0 Å². The summed E-state index contributed by atoms with van der Waals surface area (Å²) >= 11 is 0. The van der Waals surface area contributed by atoms with Gasteiger partial charge in [-0.3, -0.25) is 0 Å². The van der Waals surface area contributed by atoms with Gasteiger partial charge in [0.25, 0.3) is 11.4 Å². The van der Waals surface area contributed by atoms with Crippen molar-refractivity contribution in [1.29, 1.82) is 0 Å². The zero-order valence-corrected chi connectivity index (χ0v) is 17.0. The van der Waals surface area contributed by atoms with Crippen LogP contribution in [0, 0.1) is 13.8 Å². The first-order valence-corrected chi connectivity index (χ1v) is 9.98. The lowest BCUT2D eigenvalue weighted by molar-refractivity contribution is -1.29. The average Bonchev–Trinajstić information content (AvgIpc) is 2.75. The van der Waals surface area contributed by atoms with Gasteiger partial charge >= 0.3 is 0 Å². The number of benzene rings is 2. The predicted octanol–water partition coefficient (Wildman–Crippen LogP) is 5.25. The highest BCUT2D eigenvalue weighted by Gasteiger charge is 2.27. The molecule has 0 aliphatic rings. The summed E-state index contributed by atoms with van der Waals surface area (Å²) in [5, 5.41) is 0. The molecule has 0 saturated heterocycles. The van der Waals surface area contributed by atoms with Gasteiger partial charge in [0.05, 0.1) is 20.5 Å². The topological polar surface area (TPSA) is 7.76 Å². The third-order valence-corrected chi connectivity index (χ3v) is 5.23. The van der Waals surface area contributed by atoms with Crippen molar-refractivity contribution in [2.45, 2.75) is 20.3 Å². The Kier molecular flexibility index (Phi) is 5.35. The molecule has 142 valence electrons. The maximum Gasteiger partial charge on any atom is 0.284 e. The van der Waals surface area contributed by atoms with Crippen molar-refractivity contribution < 1.29 is 9.35 Å². The van der Waals surface area contributed by atoms with Crippen LogP contribution in [0.5, 0.6) is 0 Å². The van der Waals surface area contributed by atoms with Gasteiger partial charge in [-0.2, -0.15) is 0 Å². The number of hydrogen-bond donors (Lipinski definition) is 0. The van der Waals surface area contributed by atoms with E-state index in [1.807, 2.05) is 6.08 Å². The van der Waals surface area contributed by atoms with Crippen molar-refractivity contribution in [2.24, 2.45) is 0 Å². The number of allylic oxidation sites excluding steroid dienone is 1. The van der Waals surface area contributed by atoms with Crippen LogP contribution in [0.25, 0.3) is 22.5 Å².